The van der Waals surface area contributed by atoms with Crippen LogP contribution in [0.3, 0.4) is 0 Å². The first-order valence-corrected chi connectivity index (χ1v) is 7.35. The smallest absolute Gasteiger partial charge is 0.248 e. The van der Waals surface area contributed by atoms with Gasteiger partial charge in [0.05, 0.1) is 0 Å². The Morgan fingerprint density at radius 1 is 1.33 bits per heavy atom. The molecule has 0 aliphatic rings. The van der Waals surface area contributed by atoms with Crippen LogP contribution in [0.5, 0.6) is 0 Å². The van der Waals surface area contributed by atoms with Gasteiger partial charge >= 0.3 is 0 Å². The van der Waals surface area contributed by atoms with Crippen molar-refractivity contribution in [2.45, 2.75) is 11.4 Å². The van der Waals surface area contributed by atoms with Gasteiger partial charge in [0.1, 0.15) is 4.90 Å². The third-order valence-electron chi connectivity index (χ3n) is 2.90. The minimum atomic E-state index is -3.86. The van der Waals surface area contributed by atoms with Crippen molar-refractivity contribution in [3.8, 4) is 0 Å². The SMILES string of the molecule is CN(Cc1ccc(F)c(F)c1)S(=O)(=O)c1cn(C)nc1N. The highest BCUT2D eigenvalue weighted by molar-refractivity contribution is 7.89. The standard InChI is InChI=1S/C12H14F2N4O2S/c1-17-7-11(12(15)16-17)21(19,20)18(2)6-8-3-4-9(13)10(14)5-8/h3-5,7H,6H2,1-2H3,(H2,15,16). The zero-order valence-electron chi connectivity index (χ0n) is 11.4. The predicted octanol–water partition coefficient (Wildman–Crippen LogP) is 1.10. The Morgan fingerprint density at radius 2 is 2.00 bits per heavy atom. The molecule has 0 radical (unpaired) electrons. The van der Waals surface area contributed by atoms with Gasteiger partial charge in [-0.1, -0.05) is 6.07 Å². The van der Waals surface area contributed by atoms with E-state index in [2.05, 4.69) is 5.10 Å². The molecule has 2 aromatic rings. The van der Waals surface area contributed by atoms with Crippen LogP contribution in [0.15, 0.2) is 29.3 Å². The van der Waals surface area contributed by atoms with E-state index in [1.54, 1.807) is 7.05 Å². The fraction of sp³-hybridized carbons (Fsp3) is 0.250. The lowest BCUT2D eigenvalue weighted by atomic mass is 10.2. The van der Waals surface area contributed by atoms with Crippen molar-refractivity contribution in [2.75, 3.05) is 12.8 Å². The number of hydrogen-bond acceptors (Lipinski definition) is 4. The van der Waals surface area contributed by atoms with E-state index in [1.165, 1.54) is 24.0 Å². The third kappa shape index (κ3) is 3.03. The van der Waals surface area contributed by atoms with E-state index in [4.69, 9.17) is 5.73 Å². The first-order chi connectivity index (χ1) is 9.71. The van der Waals surface area contributed by atoms with E-state index in [0.717, 1.165) is 16.4 Å². The number of anilines is 1. The van der Waals surface area contributed by atoms with Crippen molar-refractivity contribution in [1.82, 2.24) is 14.1 Å². The molecule has 0 saturated heterocycles. The maximum Gasteiger partial charge on any atom is 0.248 e. The summed E-state index contributed by atoms with van der Waals surface area (Å²) in [6.45, 7) is -0.117. The maximum atomic E-state index is 13.1. The van der Waals surface area contributed by atoms with E-state index < -0.39 is 21.7 Å². The third-order valence-corrected chi connectivity index (χ3v) is 4.72. The zero-order chi connectivity index (χ0) is 15.8. The van der Waals surface area contributed by atoms with Gasteiger partial charge in [0.15, 0.2) is 17.5 Å². The molecule has 0 unspecified atom stereocenters. The number of aryl methyl sites for hydroxylation is 1. The number of sulfonamides is 1. The second kappa shape index (κ2) is 5.41. The minimum Gasteiger partial charge on any atom is -0.381 e. The second-order valence-corrected chi connectivity index (χ2v) is 6.58. The number of aromatic nitrogens is 2. The average molecular weight is 316 g/mol. The van der Waals surface area contributed by atoms with Gasteiger partial charge in [-0.15, -0.1) is 0 Å². The van der Waals surface area contributed by atoms with Crippen molar-refractivity contribution in [2.24, 2.45) is 7.05 Å². The summed E-state index contributed by atoms with van der Waals surface area (Å²) in [6, 6.07) is 3.22. The van der Waals surface area contributed by atoms with Crippen molar-refractivity contribution in [1.29, 1.82) is 0 Å². The van der Waals surface area contributed by atoms with Gasteiger partial charge in [0, 0.05) is 26.8 Å². The fourth-order valence-corrected chi connectivity index (χ4v) is 3.08. The van der Waals surface area contributed by atoms with Crippen LogP contribution in [0.4, 0.5) is 14.6 Å². The number of nitrogen functional groups attached to an aromatic ring is 1. The molecule has 0 atom stereocenters. The van der Waals surface area contributed by atoms with Crippen molar-refractivity contribution >= 4 is 15.8 Å². The molecule has 0 bridgehead atoms. The molecule has 0 fully saturated rings. The molecule has 2 N–H and O–H groups in total. The summed E-state index contributed by atoms with van der Waals surface area (Å²) in [5.41, 5.74) is 5.88. The van der Waals surface area contributed by atoms with Gasteiger partial charge in [-0.3, -0.25) is 4.68 Å². The Labute approximate surface area is 120 Å². The van der Waals surface area contributed by atoms with Crippen molar-refractivity contribution in [3.63, 3.8) is 0 Å². The molecule has 1 heterocycles. The number of hydrogen-bond donors (Lipinski definition) is 1. The normalized spacial score (nSPS) is 12.0. The van der Waals surface area contributed by atoms with E-state index in [-0.39, 0.29) is 17.3 Å². The molecule has 114 valence electrons. The van der Waals surface area contributed by atoms with E-state index in [9.17, 15) is 17.2 Å². The summed E-state index contributed by atoms with van der Waals surface area (Å²) in [5, 5.41) is 3.77. The molecule has 6 nitrogen and oxygen atoms in total. The first kappa shape index (κ1) is 15.4. The summed E-state index contributed by atoms with van der Waals surface area (Å²) in [6.07, 6.45) is 1.28. The molecule has 9 heteroatoms. The lowest BCUT2D eigenvalue weighted by Gasteiger charge is -2.16. The maximum absolute atomic E-state index is 13.1. The van der Waals surface area contributed by atoms with Crippen LogP contribution in [0.2, 0.25) is 0 Å². The molecular weight excluding hydrogens is 302 g/mol. The predicted molar refractivity (Wildman–Crippen MR) is 72.6 cm³/mol. The Hall–Kier alpha value is -2.00. The summed E-state index contributed by atoms with van der Waals surface area (Å²) in [4.78, 5) is -0.130. The van der Waals surface area contributed by atoms with Gasteiger partial charge in [0.25, 0.3) is 0 Å². The highest BCUT2D eigenvalue weighted by atomic mass is 32.2. The second-order valence-electron chi connectivity index (χ2n) is 4.56. The molecule has 0 amide bonds. The van der Waals surface area contributed by atoms with Gasteiger partial charge in [-0.25, -0.2) is 17.2 Å². The van der Waals surface area contributed by atoms with Gasteiger partial charge in [-0.05, 0) is 17.7 Å². The molecule has 1 aromatic carbocycles. The van der Waals surface area contributed by atoms with Crippen molar-refractivity contribution < 1.29 is 17.2 Å². The lowest BCUT2D eigenvalue weighted by Crippen LogP contribution is -2.27. The highest BCUT2D eigenvalue weighted by Gasteiger charge is 2.26. The van der Waals surface area contributed by atoms with Crippen LogP contribution in [0.1, 0.15) is 5.56 Å². The minimum absolute atomic E-state index is 0.116. The molecule has 1 aromatic heterocycles. The average Bonchev–Trinajstić information content (AvgIpc) is 2.73. The quantitative estimate of drug-likeness (QED) is 0.916. The monoisotopic (exact) mass is 316 g/mol. The van der Waals surface area contributed by atoms with Crippen LogP contribution < -0.4 is 5.73 Å². The molecular formula is C12H14F2N4O2S. The Bertz CT molecular complexity index is 774. The lowest BCUT2D eigenvalue weighted by molar-refractivity contribution is 0.462. The summed E-state index contributed by atoms with van der Waals surface area (Å²) >= 11 is 0. The van der Waals surface area contributed by atoms with E-state index in [0.29, 0.717) is 5.56 Å². The first-order valence-electron chi connectivity index (χ1n) is 5.91. The summed E-state index contributed by atoms with van der Waals surface area (Å²) in [5.74, 6) is -2.13. The largest absolute Gasteiger partial charge is 0.381 e. The summed E-state index contributed by atoms with van der Waals surface area (Å²) in [7, 11) is -0.992. The van der Waals surface area contributed by atoms with Crippen LogP contribution in [-0.4, -0.2) is 29.6 Å². The Morgan fingerprint density at radius 3 is 2.52 bits per heavy atom. The number of benzene rings is 1. The molecule has 0 spiro atoms. The molecule has 0 aliphatic heterocycles. The van der Waals surface area contributed by atoms with Crippen LogP contribution >= 0.6 is 0 Å². The van der Waals surface area contributed by atoms with Crippen LogP contribution in [0, 0.1) is 11.6 Å². The molecule has 0 saturated carbocycles. The fourth-order valence-electron chi connectivity index (χ4n) is 1.83. The topological polar surface area (TPSA) is 81.2 Å². The van der Waals surface area contributed by atoms with Crippen LogP contribution in [0.25, 0.3) is 0 Å². The molecule has 0 aliphatic carbocycles. The Kier molecular flexibility index (Phi) is 3.97. The number of nitrogens with zero attached hydrogens (tertiary/aromatic N) is 3. The highest BCUT2D eigenvalue weighted by Crippen LogP contribution is 2.21. The zero-order valence-corrected chi connectivity index (χ0v) is 12.2. The number of nitrogens with two attached hydrogens (primary N) is 1. The van der Waals surface area contributed by atoms with Gasteiger partial charge in [0.2, 0.25) is 10.0 Å². The van der Waals surface area contributed by atoms with Crippen LogP contribution in [-0.2, 0) is 23.6 Å². The Balaban J connectivity index is 2.28. The van der Waals surface area contributed by atoms with Gasteiger partial charge in [-0.2, -0.15) is 9.40 Å². The van der Waals surface area contributed by atoms with E-state index in [1.807, 2.05) is 0 Å². The van der Waals surface area contributed by atoms with E-state index >= 15 is 0 Å². The number of rotatable bonds is 4. The van der Waals surface area contributed by atoms with Gasteiger partial charge < -0.3 is 5.73 Å². The molecule has 21 heavy (non-hydrogen) atoms. The summed E-state index contributed by atoms with van der Waals surface area (Å²) < 4.78 is 53.0. The van der Waals surface area contributed by atoms with Crippen molar-refractivity contribution in [3.05, 3.63) is 41.6 Å². The number of halogens is 2. The molecule has 2 rings (SSSR count).